The van der Waals surface area contributed by atoms with Crippen molar-refractivity contribution >= 4 is 49.7 Å². The van der Waals surface area contributed by atoms with E-state index in [2.05, 4.69) is 40.1 Å². The van der Waals surface area contributed by atoms with E-state index in [1.165, 1.54) is 41.0 Å². The molecule has 24 nitrogen and oxygen atoms in total. The Morgan fingerprint density at radius 1 is 0.803 bits per heavy atom. The van der Waals surface area contributed by atoms with Crippen LogP contribution < -0.4 is 40.2 Å². The Hall–Kier alpha value is -5.59. The van der Waals surface area contributed by atoms with Crippen molar-refractivity contribution in [1.29, 1.82) is 0 Å². The highest BCUT2D eigenvalue weighted by atomic mass is 31.2. The van der Waals surface area contributed by atoms with Crippen molar-refractivity contribution in [1.82, 2.24) is 49.2 Å². The zero-order valence-electron chi connectivity index (χ0n) is 36.0. The van der Waals surface area contributed by atoms with Gasteiger partial charge in [-0.1, -0.05) is 36.4 Å². The van der Waals surface area contributed by atoms with Gasteiger partial charge in [-0.15, -0.1) is 0 Å². The van der Waals surface area contributed by atoms with Crippen molar-refractivity contribution in [3.8, 4) is 23.3 Å². The van der Waals surface area contributed by atoms with Gasteiger partial charge in [-0.3, -0.25) is 18.2 Å². The van der Waals surface area contributed by atoms with Gasteiger partial charge in [0, 0.05) is 19.5 Å². The number of ether oxygens (including phenoxy) is 4. The third-order valence-electron chi connectivity index (χ3n) is 10.5. The molecule has 2 unspecified atom stereocenters. The van der Waals surface area contributed by atoms with Crippen LogP contribution in [-0.4, -0.2) is 119 Å². The number of fused-ring (bicyclic) bond motifs is 2. The van der Waals surface area contributed by atoms with Gasteiger partial charge < -0.3 is 49.7 Å². The Labute approximate surface area is 376 Å². The van der Waals surface area contributed by atoms with Gasteiger partial charge in [0.2, 0.25) is 23.7 Å². The monoisotopic (exact) mass is 958 g/mol. The van der Waals surface area contributed by atoms with Gasteiger partial charge in [-0.2, -0.15) is 19.9 Å². The van der Waals surface area contributed by atoms with Crippen molar-refractivity contribution in [2.45, 2.75) is 69.2 Å². The topological polar surface area (TPSA) is 312 Å². The molecular weight excluding hydrogens is 909 g/mol. The number of nitrogens with two attached hydrogens (primary N) is 2. The molecule has 9 atom stereocenters. The maximum absolute atomic E-state index is 16.4. The molecule has 0 aliphatic carbocycles. The standard InChI is InChI=1S/C39H49FN12O12P2/c1-5-58-33-28-31(48-37(42)50-33)52(22-44-28)35-39(3,40)29(53)26(62-35)20-60-66(56,64-24-14-10-7-11-15-24)46-17-16-45-65(55,63-23-12-8-6-9-13-23)59-19-25-18-38(2,54)34(61-25)51-21-43-27-30(51)47-36(41)49-32(27)57-4/h6-15,21-22,25-26,29,34-35,53-54H,5,16-20H2,1-4H3,(H,45,55)(H,46,56)(H2,41,47,49)(H2,42,48,50)/t25-,26+,29+,34+,35+,38+,39+,65?,66?/m0/s1. The molecule has 8 N–H and O–H groups in total. The first-order valence-corrected chi connectivity index (χ1v) is 23.7. The van der Waals surface area contributed by atoms with Crippen molar-refractivity contribution in [3.05, 3.63) is 73.3 Å². The molecule has 0 saturated carbocycles. The quantitative estimate of drug-likeness (QED) is 0.0467. The molecule has 2 fully saturated rings. The van der Waals surface area contributed by atoms with Crippen molar-refractivity contribution < 1.29 is 60.8 Å². The number of rotatable bonds is 20. The van der Waals surface area contributed by atoms with Gasteiger partial charge in [-0.25, -0.2) is 33.7 Å². The second kappa shape index (κ2) is 19.0. The van der Waals surface area contributed by atoms with Crippen molar-refractivity contribution in [3.63, 3.8) is 0 Å². The Morgan fingerprint density at radius 2 is 1.32 bits per heavy atom. The van der Waals surface area contributed by atoms with Crippen LogP contribution in [0.5, 0.6) is 23.3 Å². The summed E-state index contributed by atoms with van der Waals surface area (Å²) in [5.41, 5.74) is 8.73. The Balaban J connectivity index is 0.943. The Morgan fingerprint density at radius 3 is 1.86 bits per heavy atom. The number of halogens is 1. The highest BCUT2D eigenvalue weighted by Crippen LogP contribution is 2.49. The number of imidazole rings is 2. The van der Waals surface area contributed by atoms with E-state index in [1.807, 2.05) is 0 Å². The van der Waals surface area contributed by atoms with Gasteiger partial charge in [0.1, 0.15) is 29.3 Å². The van der Waals surface area contributed by atoms with Crippen LogP contribution in [0.25, 0.3) is 22.3 Å². The van der Waals surface area contributed by atoms with E-state index < -0.39 is 64.1 Å². The van der Waals surface area contributed by atoms with E-state index in [4.69, 9.17) is 48.5 Å². The number of nitrogens with one attached hydrogen (secondary N) is 2. The third kappa shape index (κ3) is 9.91. The molecule has 4 aromatic heterocycles. The summed E-state index contributed by atoms with van der Waals surface area (Å²) >= 11 is 0. The fourth-order valence-electron chi connectivity index (χ4n) is 7.48. The lowest BCUT2D eigenvalue weighted by Crippen LogP contribution is -2.41. The number of aromatic nitrogens is 8. The number of hydrogen-bond acceptors (Lipinski definition) is 20. The normalized spacial score (nSPS) is 26.0. The van der Waals surface area contributed by atoms with Crippen molar-refractivity contribution in [2.75, 3.05) is 51.5 Å². The molecule has 2 aliphatic heterocycles. The predicted octanol–water partition coefficient (Wildman–Crippen LogP) is 3.85. The lowest BCUT2D eigenvalue weighted by Gasteiger charge is -2.25. The molecule has 0 spiro atoms. The summed E-state index contributed by atoms with van der Waals surface area (Å²) in [6.07, 6.45) is -3.78. The first-order chi connectivity index (χ1) is 31.5. The van der Waals surface area contributed by atoms with Crippen LogP contribution in [0.2, 0.25) is 0 Å². The Bertz CT molecular complexity index is 2740. The number of aliphatic hydroxyl groups is 2. The maximum Gasteiger partial charge on any atom is 0.458 e. The summed E-state index contributed by atoms with van der Waals surface area (Å²) in [4.78, 5) is 25.2. The molecule has 2 aliphatic rings. The SMILES string of the molecule is CCOc1nc(N)nc2c1ncn2[C@@H]1O[C@H](COP(=O)(NCCNP(=O)(OC[C@@H]2C[C@@](C)(O)[C@H](n3cnc4c(OC)nc(N)nc43)O2)Oc2ccccc2)Oc2ccccc2)[C@@H](O)[C@@]1(C)F. The van der Waals surface area contributed by atoms with Gasteiger partial charge in [-0.05, 0) is 45.0 Å². The first kappa shape index (κ1) is 46.9. The number of para-hydroxylation sites is 2. The number of nitrogen functional groups attached to an aromatic ring is 2. The van der Waals surface area contributed by atoms with Crippen LogP contribution in [0.3, 0.4) is 0 Å². The summed E-state index contributed by atoms with van der Waals surface area (Å²) in [7, 11) is -7.23. The second-order valence-corrected chi connectivity index (χ2v) is 19.1. The van der Waals surface area contributed by atoms with E-state index in [0.29, 0.717) is 5.52 Å². The smallest absolute Gasteiger partial charge is 0.458 e. The Kier molecular flexibility index (Phi) is 13.5. The minimum absolute atomic E-state index is 0.0394. The molecule has 6 aromatic rings. The highest BCUT2D eigenvalue weighted by Gasteiger charge is 2.56. The van der Waals surface area contributed by atoms with Crippen LogP contribution in [-0.2, 0) is 27.7 Å². The van der Waals surface area contributed by atoms with Gasteiger partial charge in [0.15, 0.2) is 40.5 Å². The zero-order chi connectivity index (χ0) is 46.9. The molecule has 2 aromatic carbocycles. The number of aliphatic hydroxyl groups excluding tert-OH is 1. The lowest BCUT2D eigenvalue weighted by molar-refractivity contribution is -0.0844. The summed E-state index contributed by atoms with van der Waals surface area (Å²) in [5, 5.41) is 28.2. The first-order valence-electron chi connectivity index (χ1n) is 20.6. The molecule has 0 amide bonds. The van der Waals surface area contributed by atoms with E-state index in [-0.39, 0.29) is 84.7 Å². The molecule has 6 heterocycles. The summed E-state index contributed by atoms with van der Waals surface area (Å²) < 4.78 is 94.4. The zero-order valence-corrected chi connectivity index (χ0v) is 37.8. The average Bonchev–Trinajstić information content (AvgIpc) is 4.03. The largest absolute Gasteiger partial charge is 0.479 e. The summed E-state index contributed by atoms with van der Waals surface area (Å²) in [5.74, 6) is 0.354. The fraction of sp³-hybridized carbons (Fsp3) is 0.436. The average molecular weight is 959 g/mol. The molecular formula is C39H49FN12O12P2. The van der Waals surface area contributed by atoms with Crippen LogP contribution in [0.15, 0.2) is 73.3 Å². The number of benzene rings is 2. The molecule has 27 heteroatoms. The maximum atomic E-state index is 16.4. The number of alkyl halides is 1. The molecule has 8 rings (SSSR count). The number of nitrogens with zero attached hydrogens (tertiary/aromatic N) is 8. The molecule has 354 valence electrons. The molecule has 66 heavy (non-hydrogen) atoms. The van der Waals surface area contributed by atoms with Crippen LogP contribution in [0, 0.1) is 0 Å². The van der Waals surface area contributed by atoms with Crippen molar-refractivity contribution in [2.24, 2.45) is 0 Å². The van der Waals surface area contributed by atoms with Crippen LogP contribution >= 0.6 is 15.5 Å². The van der Waals surface area contributed by atoms with E-state index in [0.717, 1.165) is 6.92 Å². The molecule has 2 saturated heterocycles. The lowest BCUT2D eigenvalue weighted by atomic mass is 9.98. The number of anilines is 2. The second-order valence-electron chi connectivity index (χ2n) is 15.6. The fourth-order valence-corrected chi connectivity index (χ4v) is 10.2. The van der Waals surface area contributed by atoms with E-state index in [9.17, 15) is 19.3 Å². The van der Waals surface area contributed by atoms with Gasteiger partial charge >= 0.3 is 15.5 Å². The van der Waals surface area contributed by atoms with E-state index in [1.54, 1.807) is 62.4 Å². The predicted molar refractivity (Wildman–Crippen MR) is 233 cm³/mol. The molecule has 0 bridgehead atoms. The van der Waals surface area contributed by atoms with E-state index >= 15 is 4.39 Å². The minimum atomic E-state index is -4.38. The van der Waals surface area contributed by atoms with Gasteiger partial charge in [0.25, 0.3) is 0 Å². The number of hydrogen-bond donors (Lipinski definition) is 6. The number of methoxy groups -OCH3 is 1. The summed E-state index contributed by atoms with van der Waals surface area (Å²) in [6, 6.07) is 16.4. The van der Waals surface area contributed by atoms with Crippen LogP contribution in [0.1, 0.15) is 39.6 Å². The van der Waals surface area contributed by atoms with Crippen LogP contribution in [0.4, 0.5) is 16.3 Å². The highest BCUT2D eigenvalue weighted by molar-refractivity contribution is 7.52. The third-order valence-corrected chi connectivity index (χ3v) is 13.6. The van der Waals surface area contributed by atoms with Gasteiger partial charge in [0.05, 0.1) is 45.7 Å². The molecule has 0 radical (unpaired) electrons. The minimum Gasteiger partial charge on any atom is -0.479 e. The summed E-state index contributed by atoms with van der Waals surface area (Å²) in [6.45, 7) is 3.32.